The van der Waals surface area contributed by atoms with E-state index in [0.717, 1.165) is 11.3 Å². The lowest BCUT2D eigenvalue weighted by molar-refractivity contribution is -0.176. The van der Waals surface area contributed by atoms with Gasteiger partial charge in [0.2, 0.25) is 0 Å². The number of benzene rings is 1. The summed E-state index contributed by atoms with van der Waals surface area (Å²) >= 11 is 1.09. The molecule has 2 aromatic rings. The Kier molecular flexibility index (Phi) is 7.12. The summed E-state index contributed by atoms with van der Waals surface area (Å²) < 4.78 is 45.4. The van der Waals surface area contributed by atoms with Crippen molar-refractivity contribution < 1.29 is 37.0 Å². The summed E-state index contributed by atoms with van der Waals surface area (Å²) in [5, 5.41) is 4.23. The van der Waals surface area contributed by atoms with Crippen LogP contribution >= 0.6 is 11.3 Å². The molecule has 0 unspecified atom stereocenters. The number of anilines is 1. The standard InChI is InChI=1S/C17H15F3N2O5S/c18-17(19,20)9-26-7-10-1-3-11(4-2-10)16(25)27-8-13(23)22-15-12(14(21)24)5-6-28-15/h1-6H,7-9H2,(H2,21,24)(H,22,23). The lowest BCUT2D eigenvalue weighted by Gasteiger charge is -2.08. The first kappa shape index (κ1) is 21.4. The number of amides is 2. The van der Waals surface area contributed by atoms with Gasteiger partial charge in [0.1, 0.15) is 11.6 Å². The zero-order chi connectivity index (χ0) is 20.7. The van der Waals surface area contributed by atoms with Gasteiger partial charge in [-0.25, -0.2) is 4.79 Å². The molecule has 0 saturated carbocycles. The van der Waals surface area contributed by atoms with Crippen molar-refractivity contribution in [3.05, 3.63) is 52.4 Å². The van der Waals surface area contributed by atoms with E-state index < -0.39 is 37.2 Å². The van der Waals surface area contributed by atoms with E-state index in [0.29, 0.717) is 5.56 Å². The SMILES string of the molecule is NC(=O)c1ccsc1NC(=O)COC(=O)c1ccc(COCC(F)(F)F)cc1. The maximum Gasteiger partial charge on any atom is 0.411 e. The number of nitrogens with one attached hydrogen (secondary N) is 1. The molecule has 0 aliphatic heterocycles. The van der Waals surface area contributed by atoms with Crippen molar-refractivity contribution in [3.8, 4) is 0 Å². The van der Waals surface area contributed by atoms with Crippen LogP contribution in [0.4, 0.5) is 18.2 Å². The molecule has 0 saturated heterocycles. The van der Waals surface area contributed by atoms with Gasteiger partial charge in [-0.05, 0) is 29.1 Å². The van der Waals surface area contributed by atoms with Gasteiger partial charge in [-0.1, -0.05) is 12.1 Å². The number of carbonyl (C=O) groups excluding carboxylic acids is 3. The zero-order valence-corrected chi connectivity index (χ0v) is 15.1. The molecule has 11 heteroatoms. The molecule has 1 aromatic heterocycles. The van der Waals surface area contributed by atoms with Crippen molar-refractivity contribution in [1.29, 1.82) is 0 Å². The Morgan fingerprint density at radius 2 is 1.79 bits per heavy atom. The second-order valence-corrected chi connectivity index (χ2v) is 6.37. The predicted octanol–water partition coefficient (Wildman–Crippen LogP) is 2.72. The number of hydrogen-bond donors (Lipinski definition) is 2. The molecule has 0 bridgehead atoms. The van der Waals surface area contributed by atoms with Gasteiger partial charge in [0, 0.05) is 0 Å². The Bertz CT molecular complexity index is 849. The van der Waals surface area contributed by atoms with Gasteiger partial charge in [0.15, 0.2) is 6.61 Å². The smallest absolute Gasteiger partial charge is 0.411 e. The van der Waals surface area contributed by atoms with E-state index in [1.54, 1.807) is 5.38 Å². The quantitative estimate of drug-likeness (QED) is 0.644. The molecule has 0 aliphatic rings. The predicted molar refractivity (Wildman–Crippen MR) is 93.9 cm³/mol. The molecule has 0 aliphatic carbocycles. The summed E-state index contributed by atoms with van der Waals surface area (Å²) in [7, 11) is 0. The lowest BCUT2D eigenvalue weighted by Crippen LogP contribution is -2.22. The van der Waals surface area contributed by atoms with Crippen LogP contribution in [0.5, 0.6) is 0 Å². The third-order valence-corrected chi connectivity index (χ3v) is 4.07. The van der Waals surface area contributed by atoms with Crippen molar-refractivity contribution in [3.63, 3.8) is 0 Å². The van der Waals surface area contributed by atoms with Crippen molar-refractivity contribution in [2.24, 2.45) is 5.73 Å². The molecule has 0 radical (unpaired) electrons. The van der Waals surface area contributed by atoms with Gasteiger partial charge in [0.05, 0.1) is 17.7 Å². The molecule has 150 valence electrons. The topological polar surface area (TPSA) is 108 Å². The van der Waals surface area contributed by atoms with Crippen LogP contribution in [-0.4, -0.2) is 37.2 Å². The van der Waals surface area contributed by atoms with E-state index >= 15 is 0 Å². The molecular weight excluding hydrogens is 401 g/mol. The first-order valence-corrected chi connectivity index (χ1v) is 8.61. The summed E-state index contributed by atoms with van der Waals surface area (Å²) in [6.45, 7) is -2.22. The summed E-state index contributed by atoms with van der Waals surface area (Å²) in [5.74, 6) is -2.15. The third kappa shape index (κ3) is 6.67. The Morgan fingerprint density at radius 1 is 1.11 bits per heavy atom. The highest BCUT2D eigenvalue weighted by Crippen LogP contribution is 2.22. The van der Waals surface area contributed by atoms with E-state index in [9.17, 15) is 27.6 Å². The molecule has 1 heterocycles. The summed E-state index contributed by atoms with van der Waals surface area (Å²) in [6, 6.07) is 6.97. The molecule has 7 nitrogen and oxygen atoms in total. The average molecular weight is 416 g/mol. The number of alkyl halides is 3. The van der Waals surface area contributed by atoms with E-state index in [2.05, 4.69) is 10.1 Å². The minimum absolute atomic E-state index is 0.112. The number of thiophene rings is 1. The van der Waals surface area contributed by atoms with E-state index in [4.69, 9.17) is 10.5 Å². The number of nitrogens with two attached hydrogens (primary N) is 1. The largest absolute Gasteiger partial charge is 0.452 e. The molecule has 0 fully saturated rings. The van der Waals surface area contributed by atoms with Crippen LogP contribution in [0.25, 0.3) is 0 Å². The van der Waals surface area contributed by atoms with Crippen molar-refractivity contribution in [2.45, 2.75) is 12.8 Å². The van der Waals surface area contributed by atoms with Crippen molar-refractivity contribution in [2.75, 3.05) is 18.5 Å². The average Bonchev–Trinajstić information content (AvgIpc) is 3.07. The Labute approximate surface area is 161 Å². The van der Waals surface area contributed by atoms with Gasteiger partial charge in [-0.15, -0.1) is 11.3 Å². The minimum Gasteiger partial charge on any atom is -0.452 e. The summed E-state index contributed by atoms with van der Waals surface area (Å²) in [5.41, 5.74) is 5.86. The number of carbonyl (C=O) groups is 3. The van der Waals surface area contributed by atoms with Crippen LogP contribution in [0, 0.1) is 0 Å². The van der Waals surface area contributed by atoms with Crippen LogP contribution < -0.4 is 11.1 Å². The van der Waals surface area contributed by atoms with Crippen molar-refractivity contribution >= 4 is 34.1 Å². The van der Waals surface area contributed by atoms with Crippen LogP contribution in [0.15, 0.2) is 35.7 Å². The second-order valence-electron chi connectivity index (χ2n) is 5.46. The normalized spacial score (nSPS) is 11.1. The Hall–Kier alpha value is -2.92. The third-order valence-electron chi connectivity index (χ3n) is 3.24. The number of hydrogen-bond acceptors (Lipinski definition) is 6. The summed E-state index contributed by atoms with van der Waals surface area (Å²) in [4.78, 5) is 34.9. The highest BCUT2D eigenvalue weighted by atomic mass is 32.1. The zero-order valence-electron chi connectivity index (χ0n) is 14.2. The first-order chi connectivity index (χ1) is 13.2. The van der Waals surface area contributed by atoms with Gasteiger partial charge >= 0.3 is 12.1 Å². The monoisotopic (exact) mass is 416 g/mol. The second kappa shape index (κ2) is 9.33. The molecule has 0 spiro atoms. The van der Waals surface area contributed by atoms with Gasteiger partial charge < -0.3 is 20.5 Å². The van der Waals surface area contributed by atoms with Gasteiger partial charge in [-0.3, -0.25) is 9.59 Å². The number of primary amides is 1. The Morgan fingerprint density at radius 3 is 2.39 bits per heavy atom. The summed E-state index contributed by atoms with van der Waals surface area (Å²) in [6.07, 6.45) is -4.41. The van der Waals surface area contributed by atoms with E-state index in [-0.39, 0.29) is 22.7 Å². The fourth-order valence-electron chi connectivity index (χ4n) is 2.00. The van der Waals surface area contributed by atoms with Crippen LogP contribution in [-0.2, 0) is 20.9 Å². The molecule has 2 amide bonds. The van der Waals surface area contributed by atoms with Gasteiger partial charge in [0.25, 0.3) is 11.8 Å². The maximum atomic E-state index is 12.0. The minimum atomic E-state index is -4.41. The number of esters is 1. The molecule has 0 atom stereocenters. The number of rotatable bonds is 8. The number of halogens is 3. The molecule has 1 aromatic carbocycles. The molecule has 3 N–H and O–H groups in total. The maximum absolute atomic E-state index is 12.0. The van der Waals surface area contributed by atoms with Crippen molar-refractivity contribution in [1.82, 2.24) is 0 Å². The van der Waals surface area contributed by atoms with Crippen LogP contribution in [0.2, 0.25) is 0 Å². The first-order valence-electron chi connectivity index (χ1n) is 7.73. The highest BCUT2D eigenvalue weighted by Gasteiger charge is 2.27. The van der Waals surface area contributed by atoms with Gasteiger partial charge in [-0.2, -0.15) is 13.2 Å². The fourth-order valence-corrected chi connectivity index (χ4v) is 2.81. The molecule has 2 rings (SSSR count). The fraction of sp³-hybridized carbons (Fsp3) is 0.235. The Balaban J connectivity index is 1.81. The van der Waals surface area contributed by atoms with Crippen LogP contribution in [0.3, 0.4) is 0 Å². The highest BCUT2D eigenvalue weighted by molar-refractivity contribution is 7.14. The lowest BCUT2D eigenvalue weighted by atomic mass is 10.1. The molecular formula is C17H15F3N2O5S. The van der Waals surface area contributed by atoms with E-state index in [1.165, 1.54) is 30.3 Å². The van der Waals surface area contributed by atoms with E-state index in [1.807, 2.05) is 0 Å². The number of ether oxygens (including phenoxy) is 2. The van der Waals surface area contributed by atoms with Crippen LogP contribution in [0.1, 0.15) is 26.3 Å². The molecule has 28 heavy (non-hydrogen) atoms.